The van der Waals surface area contributed by atoms with Gasteiger partial charge in [-0.05, 0) is 37.8 Å². The molecule has 0 spiro atoms. The average molecular weight is 247 g/mol. The third-order valence-corrected chi connectivity index (χ3v) is 4.18. The van der Waals surface area contributed by atoms with Crippen molar-refractivity contribution in [3.63, 3.8) is 0 Å². The smallest absolute Gasteiger partial charge is 0.126 e. The van der Waals surface area contributed by atoms with Crippen molar-refractivity contribution in [2.45, 2.75) is 50.3 Å². The molecule has 2 fully saturated rings. The molecule has 4 nitrogen and oxygen atoms in total. The van der Waals surface area contributed by atoms with Crippen molar-refractivity contribution in [2.75, 3.05) is 12.3 Å². The fourth-order valence-electron chi connectivity index (χ4n) is 3.21. The third kappa shape index (κ3) is 2.22. The molecule has 1 aromatic heterocycles. The van der Waals surface area contributed by atoms with Crippen LogP contribution in [0.2, 0.25) is 0 Å². The van der Waals surface area contributed by atoms with E-state index in [1.807, 2.05) is 12.1 Å². The van der Waals surface area contributed by atoms with Crippen LogP contribution in [-0.4, -0.2) is 39.2 Å². The minimum atomic E-state index is -0.640. The molecule has 4 heteroatoms. The van der Waals surface area contributed by atoms with Gasteiger partial charge in [-0.3, -0.25) is 4.90 Å². The molecular weight excluding hydrogens is 226 g/mol. The fourth-order valence-corrected chi connectivity index (χ4v) is 3.21. The number of nitrogens with two attached hydrogens (primary N) is 1. The zero-order chi connectivity index (χ0) is 12.8. The van der Waals surface area contributed by atoms with Crippen LogP contribution in [0.25, 0.3) is 0 Å². The third-order valence-electron chi connectivity index (χ3n) is 4.18. The highest BCUT2D eigenvalue weighted by atomic mass is 16.3. The number of pyridine rings is 1. The molecule has 0 radical (unpaired) electrons. The van der Waals surface area contributed by atoms with E-state index in [0.717, 1.165) is 18.5 Å². The largest absolute Gasteiger partial charge is 0.388 e. The molecule has 1 aliphatic carbocycles. The maximum atomic E-state index is 10.8. The standard InChI is InChI=1S/C14H21N3O/c1-10-7-14(18,9-17(10)12-4-5-12)8-11-3-2-6-16-13(11)15/h2-3,6,10,12,18H,4-5,7-9H2,1H3,(H2,15,16). The molecule has 0 bridgehead atoms. The second kappa shape index (κ2) is 4.21. The van der Waals surface area contributed by atoms with Gasteiger partial charge in [0, 0.05) is 31.2 Å². The second-order valence-electron chi connectivity index (χ2n) is 5.91. The summed E-state index contributed by atoms with van der Waals surface area (Å²) in [7, 11) is 0. The van der Waals surface area contributed by atoms with Gasteiger partial charge in [-0.25, -0.2) is 4.98 Å². The van der Waals surface area contributed by atoms with Crippen LogP contribution in [0.4, 0.5) is 5.82 Å². The van der Waals surface area contributed by atoms with Crippen LogP contribution in [0.5, 0.6) is 0 Å². The summed E-state index contributed by atoms with van der Waals surface area (Å²) in [5, 5.41) is 10.8. The second-order valence-corrected chi connectivity index (χ2v) is 5.91. The monoisotopic (exact) mass is 247 g/mol. The van der Waals surface area contributed by atoms with E-state index in [-0.39, 0.29) is 0 Å². The molecule has 0 amide bonds. The summed E-state index contributed by atoms with van der Waals surface area (Å²) in [5.41, 5.74) is 6.19. The Morgan fingerprint density at radius 1 is 1.56 bits per heavy atom. The van der Waals surface area contributed by atoms with Gasteiger partial charge in [0.15, 0.2) is 0 Å². The maximum absolute atomic E-state index is 10.8. The number of anilines is 1. The number of nitrogens with zero attached hydrogens (tertiary/aromatic N) is 2. The van der Waals surface area contributed by atoms with E-state index < -0.39 is 5.60 Å². The van der Waals surface area contributed by atoms with Gasteiger partial charge in [0.05, 0.1) is 5.60 Å². The molecule has 2 heterocycles. The first-order valence-corrected chi connectivity index (χ1v) is 6.75. The first kappa shape index (κ1) is 11.9. The molecule has 2 atom stereocenters. The molecule has 1 aliphatic heterocycles. The Morgan fingerprint density at radius 3 is 3.00 bits per heavy atom. The van der Waals surface area contributed by atoms with Crippen molar-refractivity contribution in [2.24, 2.45) is 0 Å². The summed E-state index contributed by atoms with van der Waals surface area (Å²) in [6, 6.07) is 5.03. The summed E-state index contributed by atoms with van der Waals surface area (Å²) in [6.45, 7) is 2.98. The van der Waals surface area contributed by atoms with E-state index in [4.69, 9.17) is 5.73 Å². The first-order valence-electron chi connectivity index (χ1n) is 6.75. The zero-order valence-electron chi connectivity index (χ0n) is 10.8. The van der Waals surface area contributed by atoms with Gasteiger partial charge in [-0.1, -0.05) is 6.07 Å². The molecule has 2 aliphatic rings. The molecule has 1 aromatic rings. The van der Waals surface area contributed by atoms with E-state index in [0.29, 0.717) is 24.3 Å². The van der Waals surface area contributed by atoms with Crippen LogP contribution in [0.3, 0.4) is 0 Å². The predicted molar refractivity (Wildman–Crippen MR) is 71.1 cm³/mol. The first-order chi connectivity index (χ1) is 8.57. The highest BCUT2D eigenvalue weighted by Gasteiger charge is 2.46. The zero-order valence-corrected chi connectivity index (χ0v) is 10.8. The Bertz CT molecular complexity index is 446. The minimum absolute atomic E-state index is 0.473. The van der Waals surface area contributed by atoms with Crippen LogP contribution in [0, 0.1) is 0 Å². The molecule has 2 unspecified atom stereocenters. The van der Waals surface area contributed by atoms with Gasteiger partial charge in [-0.2, -0.15) is 0 Å². The van der Waals surface area contributed by atoms with Crippen molar-refractivity contribution < 1.29 is 5.11 Å². The van der Waals surface area contributed by atoms with Crippen LogP contribution < -0.4 is 5.73 Å². The summed E-state index contributed by atoms with van der Waals surface area (Å²) >= 11 is 0. The van der Waals surface area contributed by atoms with Crippen molar-refractivity contribution in [3.8, 4) is 0 Å². The number of likely N-dealkylation sites (tertiary alicyclic amines) is 1. The number of aromatic nitrogens is 1. The number of nitrogen functional groups attached to an aromatic ring is 1. The highest BCUT2D eigenvalue weighted by molar-refractivity contribution is 5.39. The molecule has 98 valence electrons. The summed E-state index contributed by atoms with van der Waals surface area (Å²) in [4.78, 5) is 6.54. The Labute approximate surface area is 108 Å². The van der Waals surface area contributed by atoms with Crippen molar-refractivity contribution in [1.29, 1.82) is 0 Å². The van der Waals surface area contributed by atoms with Gasteiger partial charge in [0.25, 0.3) is 0 Å². The fraction of sp³-hybridized carbons (Fsp3) is 0.643. The van der Waals surface area contributed by atoms with Crippen LogP contribution in [0.1, 0.15) is 31.7 Å². The minimum Gasteiger partial charge on any atom is -0.388 e. The molecule has 0 aromatic carbocycles. The summed E-state index contributed by atoms with van der Waals surface area (Å²) in [6.07, 6.45) is 5.71. The number of aliphatic hydroxyl groups is 1. The van der Waals surface area contributed by atoms with E-state index in [9.17, 15) is 5.11 Å². The Balaban J connectivity index is 1.74. The molecule has 1 saturated heterocycles. The highest BCUT2D eigenvalue weighted by Crippen LogP contribution is 2.38. The Morgan fingerprint density at radius 2 is 2.33 bits per heavy atom. The van der Waals surface area contributed by atoms with Crippen LogP contribution >= 0.6 is 0 Å². The van der Waals surface area contributed by atoms with E-state index in [1.165, 1.54) is 12.8 Å². The lowest BCUT2D eigenvalue weighted by Crippen LogP contribution is -2.36. The molecule has 1 saturated carbocycles. The quantitative estimate of drug-likeness (QED) is 0.842. The van der Waals surface area contributed by atoms with E-state index in [1.54, 1.807) is 6.20 Å². The van der Waals surface area contributed by atoms with Gasteiger partial charge in [0.1, 0.15) is 5.82 Å². The van der Waals surface area contributed by atoms with E-state index in [2.05, 4.69) is 16.8 Å². The molecule has 18 heavy (non-hydrogen) atoms. The topological polar surface area (TPSA) is 62.4 Å². The maximum Gasteiger partial charge on any atom is 0.126 e. The van der Waals surface area contributed by atoms with Gasteiger partial charge >= 0.3 is 0 Å². The number of β-amino-alcohol motifs (C(OH)–C–C–N with tert-alkyl or cyclic N) is 1. The lowest BCUT2D eigenvalue weighted by molar-refractivity contribution is 0.0488. The van der Waals surface area contributed by atoms with Crippen LogP contribution in [0.15, 0.2) is 18.3 Å². The van der Waals surface area contributed by atoms with Gasteiger partial charge in [-0.15, -0.1) is 0 Å². The molecule has 3 rings (SSSR count). The Hall–Kier alpha value is -1.13. The molecular formula is C14H21N3O. The average Bonchev–Trinajstić information content (AvgIpc) is 3.09. The molecule has 3 N–H and O–H groups in total. The Kier molecular flexibility index (Phi) is 2.79. The van der Waals surface area contributed by atoms with Crippen molar-refractivity contribution in [3.05, 3.63) is 23.9 Å². The predicted octanol–water partition coefficient (Wildman–Crippen LogP) is 1.19. The SMILES string of the molecule is CC1CC(O)(Cc2cccnc2N)CN1C1CC1. The lowest BCUT2D eigenvalue weighted by atomic mass is 9.92. The van der Waals surface area contributed by atoms with Crippen LogP contribution in [-0.2, 0) is 6.42 Å². The number of hydrogen-bond acceptors (Lipinski definition) is 4. The summed E-state index contributed by atoms with van der Waals surface area (Å²) in [5.74, 6) is 0.545. The van der Waals surface area contributed by atoms with Crippen molar-refractivity contribution in [1.82, 2.24) is 9.88 Å². The number of hydrogen-bond donors (Lipinski definition) is 2. The van der Waals surface area contributed by atoms with Crippen molar-refractivity contribution >= 4 is 5.82 Å². The normalized spacial score (nSPS) is 32.9. The van der Waals surface area contributed by atoms with E-state index >= 15 is 0 Å². The lowest BCUT2D eigenvalue weighted by Gasteiger charge is -2.24. The van der Waals surface area contributed by atoms with Gasteiger partial charge < -0.3 is 10.8 Å². The number of rotatable bonds is 3. The van der Waals surface area contributed by atoms with Gasteiger partial charge in [0.2, 0.25) is 0 Å². The summed E-state index contributed by atoms with van der Waals surface area (Å²) < 4.78 is 0.